The average Bonchev–Trinajstić information content (AvgIpc) is 3.16. The number of piperidine rings is 1. The highest BCUT2D eigenvalue weighted by atomic mass is 32.1. The number of hydrogen-bond acceptors (Lipinski definition) is 5. The van der Waals surface area contributed by atoms with Crippen molar-refractivity contribution in [3.05, 3.63) is 64.5 Å². The van der Waals surface area contributed by atoms with E-state index in [-0.39, 0.29) is 17.4 Å². The van der Waals surface area contributed by atoms with Crippen molar-refractivity contribution in [3.63, 3.8) is 0 Å². The lowest BCUT2D eigenvalue weighted by atomic mass is 9.93. The number of carbonyl (C=O) groups is 1. The largest absolute Gasteiger partial charge is 0.350 e. The Hall–Kier alpha value is -2.44. The van der Waals surface area contributed by atoms with Crippen molar-refractivity contribution in [2.45, 2.75) is 31.8 Å². The number of aromatic nitrogens is 1. The average molecular weight is 394 g/mol. The Morgan fingerprint density at radius 2 is 2.07 bits per heavy atom. The van der Waals surface area contributed by atoms with Crippen molar-refractivity contribution >= 4 is 17.2 Å². The van der Waals surface area contributed by atoms with Crippen LogP contribution in [0.15, 0.2) is 57.7 Å². The lowest BCUT2D eigenvalue weighted by Gasteiger charge is -2.29. The second-order valence-electron chi connectivity index (χ2n) is 7.84. The van der Waals surface area contributed by atoms with Crippen LogP contribution in [0, 0.1) is 5.41 Å². The fourth-order valence-electron chi connectivity index (χ4n) is 4.39. The van der Waals surface area contributed by atoms with Crippen LogP contribution in [0.5, 0.6) is 0 Å². The molecular formula is C22H23N3O2S. The maximum Gasteiger partial charge on any atom is 0.293 e. The molecule has 0 radical (unpaired) electrons. The zero-order valence-electron chi connectivity index (χ0n) is 15.6. The first kappa shape index (κ1) is 17.6. The molecule has 1 aliphatic carbocycles. The van der Waals surface area contributed by atoms with E-state index >= 15 is 0 Å². The highest BCUT2D eigenvalue weighted by Gasteiger charge is 2.58. The van der Waals surface area contributed by atoms with Crippen molar-refractivity contribution < 1.29 is 9.32 Å². The summed E-state index contributed by atoms with van der Waals surface area (Å²) in [5.41, 5.74) is 3.11. The molecule has 2 fully saturated rings. The maximum absolute atomic E-state index is 13.4. The van der Waals surface area contributed by atoms with E-state index in [1.807, 2.05) is 35.2 Å². The molecule has 1 aromatic carbocycles. The summed E-state index contributed by atoms with van der Waals surface area (Å²) < 4.78 is 5.48. The molecule has 144 valence electrons. The standard InChI is InChI=1S/C22H23N3O2S/c26-21(19-12-18(24-27-19)17-4-2-1-3-5-17)25(14-16-6-11-28-15-16)20-13-22(20)7-9-23-10-8-22/h1-6,11-12,15,20,23H,7-10,13-14H2. The molecule has 3 aromatic rings. The van der Waals surface area contributed by atoms with Gasteiger partial charge >= 0.3 is 0 Å². The first-order valence-corrected chi connectivity index (χ1v) is 10.7. The molecule has 1 spiro atoms. The van der Waals surface area contributed by atoms with Crippen molar-refractivity contribution in [3.8, 4) is 11.3 Å². The molecule has 1 aliphatic heterocycles. The lowest BCUT2D eigenvalue weighted by molar-refractivity contribution is 0.0650. The normalized spacial score (nSPS) is 20.2. The van der Waals surface area contributed by atoms with Crippen LogP contribution in [-0.2, 0) is 6.54 Å². The van der Waals surface area contributed by atoms with Gasteiger partial charge in [-0.25, -0.2) is 0 Å². The van der Waals surface area contributed by atoms with E-state index in [4.69, 9.17) is 4.52 Å². The van der Waals surface area contributed by atoms with Crippen LogP contribution in [0.4, 0.5) is 0 Å². The molecule has 2 aromatic heterocycles. The molecule has 1 N–H and O–H groups in total. The minimum Gasteiger partial charge on any atom is -0.350 e. The quantitative estimate of drug-likeness (QED) is 0.706. The smallest absolute Gasteiger partial charge is 0.293 e. The van der Waals surface area contributed by atoms with E-state index in [2.05, 4.69) is 27.3 Å². The van der Waals surface area contributed by atoms with Crippen LogP contribution < -0.4 is 5.32 Å². The molecule has 1 saturated carbocycles. The second kappa shape index (κ2) is 7.18. The summed E-state index contributed by atoms with van der Waals surface area (Å²) in [5, 5.41) is 11.8. The molecule has 6 heteroatoms. The summed E-state index contributed by atoms with van der Waals surface area (Å²) in [4.78, 5) is 15.4. The first-order valence-electron chi connectivity index (χ1n) is 9.80. The van der Waals surface area contributed by atoms with Crippen LogP contribution in [0.1, 0.15) is 35.4 Å². The molecule has 2 aliphatic rings. The van der Waals surface area contributed by atoms with E-state index < -0.39 is 0 Å². The molecule has 1 saturated heterocycles. The zero-order valence-corrected chi connectivity index (χ0v) is 16.5. The third-order valence-corrected chi connectivity index (χ3v) is 6.84. The Labute approximate surface area is 168 Å². The third-order valence-electron chi connectivity index (χ3n) is 6.11. The Balaban J connectivity index is 1.41. The van der Waals surface area contributed by atoms with Crippen LogP contribution in [0.3, 0.4) is 0 Å². The van der Waals surface area contributed by atoms with Gasteiger partial charge in [0, 0.05) is 24.2 Å². The summed E-state index contributed by atoms with van der Waals surface area (Å²) in [6.45, 7) is 2.71. The highest BCUT2D eigenvalue weighted by Crippen LogP contribution is 2.56. The zero-order chi connectivity index (χ0) is 19.0. The van der Waals surface area contributed by atoms with Gasteiger partial charge in [-0.1, -0.05) is 35.5 Å². The Kier molecular flexibility index (Phi) is 4.53. The fourth-order valence-corrected chi connectivity index (χ4v) is 5.05. The van der Waals surface area contributed by atoms with E-state index in [0.29, 0.717) is 18.0 Å². The summed E-state index contributed by atoms with van der Waals surface area (Å²) in [7, 11) is 0. The maximum atomic E-state index is 13.4. The van der Waals surface area contributed by atoms with Crippen LogP contribution in [0.25, 0.3) is 11.3 Å². The van der Waals surface area contributed by atoms with Gasteiger partial charge in [0.2, 0.25) is 5.76 Å². The molecule has 0 bridgehead atoms. The second-order valence-corrected chi connectivity index (χ2v) is 8.62. The molecular weight excluding hydrogens is 370 g/mol. The molecule has 28 heavy (non-hydrogen) atoms. The Bertz CT molecular complexity index is 945. The number of amides is 1. The van der Waals surface area contributed by atoms with Crippen molar-refractivity contribution in [1.29, 1.82) is 0 Å². The lowest BCUT2D eigenvalue weighted by Crippen LogP contribution is -2.39. The topological polar surface area (TPSA) is 58.4 Å². The van der Waals surface area contributed by atoms with Crippen molar-refractivity contribution in [1.82, 2.24) is 15.4 Å². The van der Waals surface area contributed by atoms with Gasteiger partial charge in [-0.3, -0.25) is 4.79 Å². The van der Waals surface area contributed by atoms with E-state index in [1.165, 1.54) is 5.56 Å². The van der Waals surface area contributed by atoms with Gasteiger partial charge in [0.05, 0.1) is 0 Å². The molecule has 1 atom stereocenters. The summed E-state index contributed by atoms with van der Waals surface area (Å²) >= 11 is 1.67. The Morgan fingerprint density at radius 3 is 2.82 bits per heavy atom. The van der Waals surface area contributed by atoms with Crippen molar-refractivity contribution in [2.24, 2.45) is 5.41 Å². The van der Waals surface area contributed by atoms with Crippen LogP contribution in [0.2, 0.25) is 0 Å². The van der Waals surface area contributed by atoms with Crippen LogP contribution in [-0.4, -0.2) is 35.1 Å². The monoisotopic (exact) mass is 393 g/mol. The van der Waals surface area contributed by atoms with Gasteiger partial charge in [0.25, 0.3) is 5.91 Å². The minimum absolute atomic E-state index is 0.0544. The van der Waals surface area contributed by atoms with Gasteiger partial charge in [-0.15, -0.1) is 0 Å². The van der Waals surface area contributed by atoms with Gasteiger partial charge < -0.3 is 14.7 Å². The Morgan fingerprint density at radius 1 is 1.25 bits per heavy atom. The van der Waals surface area contributed by atoms with Gasteiger partial charge in [-0.2, -0.15) is 11.3 Å². The number of hydrogen-bond donors (Lipinski definition) is 1. The molecule has 1 amide bonds. The molecule has 5 rings (SSSR count). The van der Waals surface area contributed by atoms with Gasteiger partial charge in [0.1, 0.15) is 5.69 Å². The predicted octanol–water partition coefficient (Wildman–Crippen LogP) is 4.19. The number of benzene rings is 1. The van der Waals surface area contributed by atoms with Gasteiger partial charge in [0.15, 0.2) is 0 Å². The number of rotatable bonds is 5. The van der Waals surface area contributed by atoms with E-state index in [0.717, 1.165) is 37.9 Å². The number of nitrogens with zero attached hydrogens (tertiary/aromatic N) is 2. The summed E-state index contributed by atoms with van der Waals surface area (Å²) in [6.07, 6.45) is 3.36. The first-order chi connectivity index (χ1) is 13.8. The molecule has 3 heterocycles. The number of nitrogens with one attached hydrogen (secondary N) is 1. The van der Waals surface area contributed by atoms with E-state index in [1.54, 1.807) is 17.4 Å². The van der Waals surface area contributed by atoms with Gasteiger partial charge in [-0.05, 0) is 60.2 Å². The number of carbonyl (C=O) groups excluding carboxylic acids is 1. The fraction of sp³-hybridized carbons (Fsp3) is 0.364. The minimum atomic E-state index is -0.0544. The van der Waals surface area contributed by atoms with Crippen molar-refractivity contribution in [2.75, 3.05) is 13.1 Å². The predicted molar refractivity (Wildman–Crippen MR) is 109 cm³/mol. The molecule has 5 nitrogen and oxygen atoms in total. The van der Waals surface area contributed by atoms with E-state index in [9.17, 15) is 4.79 Å². The molecule has 1 unspecified atom stereocenters. The number of thiophene rings is 1. The summed E-state index contributed by atoms with van der Waals surface area (Å²) in [5.74, 6) is 0.270. The SMILES string of the molecule is O=C(c1cc(-c2ccccc2)no1)N(Cc1ccsc1)C1CC12CCNCC2. The highest BCUT2D eigenvalue weighted by molar-refractivity contribution is 7.07. The van der Waals surface area contributed by atoms with Crippen LogP contribution >= 0.6 is 11.3 Å². The third kappa shape index (κ3) is 3.27. The summed E-state index contributed by atoms with van der Waals surface area (Å²) in [6, 6.07) is 14.0.